The van der Waals surface area contributed by atoms with Crippen LogP contribution < -0.4 is 4.74 Å². The molecule has 1 heterocycles. The molecule has 1 aliphatic heterocycles. The first-order valence-corrected chi connectivity index (χ1v) is 4.63. The largest absolute Gasteiger partial charge is 0.492 e. The van der Waals surface area contributed by atoms with E-state index in [2.05, 4.69) is 4.74 Å². The Morgan fingerprint density at radius 3 is 3.07 bits per heavy atom. The first-order valence-electron chi connectivity index (χ1n) is 4.26. The summed E-state index contributed by atoms with van der Waals surface area (Å²) < 4.78 is 9.99. The highest BCUT2D eigenvalue weighted by Gasteiger charge is 2.22. The summed E-state index contributed by atoms with van der Waals surface area (Å²) in [5.41, 5.74) is 1.38. The third-order valence-electron chi connectivity index (χ3n) is 2.15. The zero-order valence-corrected chi connectivity index (χ0v) is 8.43. The van der Waals surface area contributed by atoms with Gasteiger partial charge in [-0.1, -0.05) is 11.6 Å². The first kappa shape index (κ1) is 9.34. The van der Waals surface area contributed by atoms with E-state index in [-0.39, 0.29) is 0 Å². The molecule has 2 rings (SSSR count). The van der Waals surface area contributed by atoms with Crippen molar-refractivity contribution in [3.8, 4) is 5.75 Å². The van der Waals surface area contributed by atoms with Gasteiger partial charge in [-0.3, -0.25) is 0 Å². The van der Waals surface area contributed by atoms with Crippen LogP contribution in [0.4, 0.5) is 0 Å². The summed E-state index contributed by atoms with van der Waals surface area (Å²) in [6.45, 7) is 0.597. The van der Waals surface area contributed by atoms with Crippen molar-refractivity contribution in [2.24, 2.45) is 0 Å². The molecule has 0 radical (unpaired) electrons. The Morgan fingerprint density at radius 1 is 1.57 bits per heavy atom. The minimum absolute atomic E-state index is 0.410. The van der Waals surface area contributed by atoms with Gasteiger partial charge in [-0.2, -0.15) is 0 Å². The molecule has 0 fully saturated rings. The lowest BCUT2D eigenvalue weighted by molar-refractivity contribution is 0.0597. The predicted molar refractivity (Wildman–Crippen MR) is 52.0 cm³/mol. The van der Waals surface area contributed by atoms with E-state index in [9.17, 15) is 4.79 Å². The van der Waals surface area contributed by atoms with Gasteiger partial charge in [-0.25, -0.2) is 4.79 Å². The number of ether oxygens (including phenoxy) is 2. The van der Waals surface area contributed by atoms with Crippen LogP contribution in [0.3, 0.4) is 0 Å². The summed E-state index contributed by atoms with van der Waals surface area (Å²) >= 11 is 5.87. The van der Waals surface area contributed by atoms with Crippen LogP contribution >= 0.6 is 11.6 Å². The summed E-state index contributed by atoms with van der Waals surface area (Å²) in [7, 11) is 1.34. The van der Waals surface area contributed by atoms with Crippen molar-refractivity contribution < 1.29 is 14.3 Å². The monoisotopic (exact) mass is 212 g/mol. The number of hydrogen-bond donors (Lipinski definition) is 0. The SMILES string of the molecule is COC(=O)c1cc(Cl)cc2c1OCC2. The van der Waals surface area contributed by atoms with Gasteiger partial charge in [0.05, 0.1) is 13.7 Å². The van der Waals surface area contributed by atoms with Gasteiger partial charge in [-0.15, -0.1) is 0 Å². The molecule has 1 aliphatic rings. The van der Waals surface area contributed by atoms with E-state index in [4.69, 9.17) is 16.3 Å². The lowest BCUT2D eigenvalue weighted by Gasteiger charge is -2.06. The second kappa shape index (κ2) is 3.50. The Balaban J connectivity index is 2.54. The van der Waals surface area contributed by atoms with E-state index in [1.165, 1.54) is 7.11 Å². The van der Waals surface area contributed by atoms with Gasteiger partial charge in [0.2, 0.25) is 0 Å². The molecule has 0 spiro atoms. The smallest absolute Gasteiger partial charge is 0.341 e. The average molecular weight is 213 g/mol. The summed E-state index contributed by atoms with van der Waals surface area (Å²) in [6.07, 6.45) is 0.792. The third-order valence-corrected chi connectivity index (χ3v) is 2.37. The maximum atomic E-state index is 11.4. The third kappa shape index (κ3) is 1.44. The van der Waals surface area contributed by atoms with E-state index < -0.39 is 5.97 Å². The predicted octanol–water partition coefficient (Wildman–Crippen LogP) is 2.06. The molecule has 0 amide bonds. The molecule has 1 aromatic rings. The molecule has 74 valence electrons. The van der Waals surface area contributed by atoms with Crippen LogP contribution in [0.25, 0.3) is 0 Å². The molecule has 0 unspecified atom stereocenters. The van der Waals surface area contributed by atoms with Crippen molar-refractivity contribution in [2.45, 2.75) is 6.42 Å². The highest BCUT2D eigenvalue weighted by molar-refractivity contribution is 6.31. The molecular weight excluding hydrogens is 204 g/mol. The maximum Gasteiger partial charge on any atom is 0.341 e. The molecule has 1 aromatic carbocycles. The number of benzene rings is 1. The molecule has 0 saturated heterocycles. The van der Waals surface area contributed by atoms with E-state index in [0.717, 1.165) is 12.0 Å². The fourth-order valence-corrected chi connectivity index (χ4v) is 1.77. The number of esters is 1. The quantitative estimate of drug-likeness (QED) is 0.669. The lowest BCUT2D eigenvalue weighted by Crippen LogP contribution is -2.03. The number of methoxy groups -OCH3 is 1. The number of carbonyl (C=O) groups excluding carboxylic acids is 1. The van der Waals surface area contributed by atoms with E-state index in [0.29, 0.717) is 22.9 Å². The van der Waals surface area contributed by atoms with Crippen LogP contribution in [0.5, 0.6) is 5.75 Å². The Labute approximate surface area is 86.6 Å². The summed E-state index contributed by atoms with van der Waals surface area (Å²) in [6, 6.07) is 3.38. The van der Waals surface area contributed by atoms with Crippen molar-refractivity contribution in [2.75, 3.05) is 13.7 Å². The fraction of sp³-hybridized carbons (Fsp3) is 0.300. The average Bonchev–Trinajstić information content (AvgIpc) is 2.62. The minimum atomic E-state index is -0.411. The number of fused-ring (bicyclic) bond motifs is 1. The van der Waals surface area contributed by atoms with Crippen molar-refractivity contribution in [1.29, 1.82) is 0 Å². The molecule has 0 saturated carbocycles. The van der Waals surface area contributed by atoms with Crippen LogP contribution in [0, 0.1) is 0 Å². The molecule has 3 nitrogen and oxygen atoms in total. The van der Waals surface area contributed by atoms with E-state index in [1.807, 2.05) is 6.07 Å². The van der Waals surface area contributed by atoms with Crippen LogP contribution in [-0.2, 0) is 11.2 Å². The highest BCUT2D eigenvalue weighted by atomic mass is 35.5. The first-order chi connectivity index (χ1) is 6.72. The molecule has 0 aromatic heterocycles. The minimum Gasteiger partial charge on any atom is -0.492 e. The van der Waals surface area contributed by atoms with Crippen molar-refractivity contribution in [3.05, 3.63) is 28.3 Å². The molecule has 0 atom stereocenters. The van der Waals surface area contributed by atoms with Gasteiger partial charge in [0.25, 0.3) is 0 Å². The molecule has 0 N–H and O–H groups in total. The van der Waals surface area contributed by atoms with Gasteiger partial charge >= 0.3 is 5.97 Å². The number of carbonyl (C=O) groups is 1. The summed E-state index contributed by atoms with van der Waals surface area (Å²) in [5, 5.41) is 0.537. The molecular formula is C10H9ClO3. The van der Waals surface area contributed by atoms with Crippen LogP contribution in [0.15, 0.2) is 12.1 Å². The van der Waals surface area contributed by atoms with Crippen LogP contribution in [0.2, 0.25) is 5.02 Å². The lowest BCUT2D eigenvalue weighted by atomic mass is 10.1. The molecule has 0 aliphatic carbocycles. The van der Waals surface area contributed by atoms with Gasteiger partial charge in [0.15, 0.2) is 0 Å². The Morgan fingerprint density at radius 2 is 2.36 bits per heavy atom. The standard InChI is InChI=1S/C10H9ClO3/c1-13-10(12)8-5-7(11)4-6-2-3-14-9(6)8/h4-5H,2-3H2,1H3. The van der Waals surface area contributed by atoms with Crippen LogP contribution in [-0.4, -0.2) is 19.7 Å². The Hall–Kier alpha value is -1.22. The van der Waals surface area contributed by atoms with Gasteiger partial charge in [0, 0.05) is 11.4 Å². The number of hydrogen-bond acceptors (Lipinski definition) is 3. The van der Waals surface area contributed by atoms with Crippen molar-refractivity contribution in [3.63, 3.8) is 0 Å². The van der Waals surface area contributed by atoms with Gasteiger partial charge in [-0.05, 0) is 17.7 Å². The van der Waals surface area contributed by atoms with Crippen molar-refractivity contribution >= 4 is 17.6 Å². The highest BCUT2D eigenvalue weighted by Crippen LogP contribution is 2.33. The topological polar surface area (TPSA) is 35.5 Å². The zero-order valence-electron chi connectivity index (χ0n) is 7.67. The van der Waals surface area contributed by atoms with E-state index in [1.54, 1.807) is 6.07 Å². The normalized spacial score (nSPS) is 13.3. The second-order valence-corrected chi connectivity index (χ2v) is 3.47. The summed E-state index contributed by atoms with van der Waals surface area (Å²) in [4.78, 5) is 11.4. The summed E-state index contributed by atoms with van der Waals surface area (Å²) in [5.74, 6) is 0.201. The number of halogens is 1. The molecule has 14 heavy (non-hydrogen) atoms. The Kier molecular flexibility index (Phi) is 2.33. The number of rotatable bonds is 1. The van der Waals surface area contributed by atoms with Gasteiger partial charge < -0.3 is 9.47 Å². The zero-order chi connectivity index (χ0) is 10.1. The Bertz CT molecular complexity index is 387. The second-order valence-electron chi connectivity index (χ2n) is 3.03. The maximum absolute atomic E-state index is 11.4. The van der Waals surface area contributed by atoms with E-state index >= 15 is 0 Å². The molecule has 4 heteroatoms. The van der Waals surface area contributed by atoms with Crippen LogP contribution in [0.1, 0.15) is 15.9 Å². The fourth-order valence-electron chi connectivity index (χ4n) is 1.53. The molecule has 0 bridgehead atoms. The van der Waals surface area contributed by atoms with Crippen molar-refractivity contribution in [1.82, 2.24) is 0 Å². The van der Waals surface area contributed by atoms with Gasteiger partial charge in [0.1, 0.15) is 11.3 Å².